The average molecular weight is 302 g/mol. The molecule has 0 N–H and O–H groups in total. The van der Waals surface area contributed by atoms with Gasteiger partial charge in [-0.1, -0.05) is 22.4 Å². The molecule has 4 heteroatoms. The van der Waals surface area contributed by atoms with Crippen molar-refractivity contribution in [1.29, 1.82) is 0 Å². The molecule has 98 valence electrons. The summed E-state index contributed by atoms with van der Waals surface area (Å²) in [6.45, 7) is 7.34. The lowest BCUT2D eigenvalue weighted by Gasteiger charge is -2.16. The molecule has 0 atom stereocenters. The third-order valence-corrected chi connectivity index (χ3v) is 3.45. The second-order valence-corrected chi connectivity index (χ2v) is 5.37. The minimum atomic E-state index is 0.959. The fraction of sp³-hybridized carbons (Fsp3) is 0.769. The fourth-order valence-electron chi connectivity index (χ4n) is 2.01. The normalized spacial score (nSPS) is 11.4. The van der Waals surface area contributed by atoms with Crippen molar-refractivity contribution in [3.8, 4) is 0 Å². The molecule has 0 aromatic carbocycles. The summed E-state index contributed by atoms with van der Waals surface area (Å²) in [6.07, 6.45) is 3.86. The first-order valence-electron chi connectivity index (χ1n) is 6.45. The fourth-order valence-corrected chi connectivity index (χ4v) is 2.41. The van der Waals surface area contributed by atoms with E-state index in [9.17, 15) is 0 Å². The highest BCUT2D eigenvalue weighted by atomic mass is 79.9. The molecule has 1 aromatic heterocycles. The lowest BCUT2D eigenvalue weighted by molar-refractivity contribution is 0.307. The van der Waals surface area contributed by atoms with Crippen LogP contribution in [-0.4, -0.2) is 33.6 Å². The number of nitrogens with zero attached hydrogens (tertiary/aromatic N) is 3. The summed E-state index contributed by atoms with van der Waals surface area (Å²) in [7, 11) is 2.19. The summed E-state index contributed by atoms with van der Waals surface area (Å²) in [5, 5.41) is 5.60. The third-order valence-electron chi connectivity index (χ3n) is 2.89. The van der Waals surface area contributed by atoms with Gasteiger partial charge in [-0.15, -0.1) is 0 Å². The Morgan fingerprint density at radius 3 is 2.76 bits per heavy atom. The number of hydrogen-bond acceptors (Lipinski definition) is 2. The lowest BCUT2D eigenvalue weighted by Crippen LogP contribution is -2.21. The Morgan fingerprint density at radius 1 is 1.35 bits per heavy atom. The van der Waals surface area contributed by atoms with Crippen molar-refractivity contribution in [2.24, 2.45) is 0 Å². The maximum Gasteiger partial charge on any atom is 0.0597 e. The van der Waals surface area contributed by atoms with Gasteiger partial charge >= 0.3 is 0 Å². The van der Waals surface area contributed by atoms with Crippen LogP contribution in [0.4, 0.5) is 0 Å². The zero-order valence-corrected chi connectivity index (χ0v) is 12.8. The van der Waals surface area contributed by atoms with Crippen LogP contribution in [0.2, 0.25) is 0 Å². The highest BCUT2D eigenvalue weighted by Gasteiger charge is 2.06. The molecule has 1 aromatic rings. The van der Waals surface area contributed by atoms with Crippen molar-refractivity contribution < 1.29 is 0 Å². The van der Waals surface area contributed by atoms with Gasteiger partial charge in [0, 0.05) is 18.4 Å². The highest BCUT2D eigenvalue weighted by Crippen LogP contribution is 2.08. The molecule has 17 heavy (non-hydrogen) atoms. The Hall–Kier alpha value is -0.350. The predicted molar refractivity (Wildman–Crippen MR) is 76.6 cm³/mol. The Morgan fingerprint density at radius 2 is 2.12 bits per heavy atom. The molecule has 0 spiro atoms. The van der Waals surface area contributed by atoms with Gasteiger partial charge in [0.05, 0.1) is 11.4 Å². The molecule has 0 saturated carbocycles. The first-order valence-corrected chi connectivity index (χ1v) is 7.57. The van der Waals surface area contributed by atoms with Crippen LogP contribution in [0.1, 0.15) is 37.6 Å². The number of unbranched alkanes of at least 4 members (excludes halogenated alkanes) is 2. The number of rotatable bonds is 8. The SMILES string of the molecule is CCn1nc(C)cc1CN(C)CCCCCBr. The minimum absolute atomic E-state index is 0.959. The third kappa shape index (κ3) is 5.21. The van der Waals surface area contributed by atoms with Crippen LogP contribution in [-0.2, 0) is 13.1 Å². The smallest absolute Gasteiger partial charge is 0.0597 e. The van der Waals surface area contributed by atoms with E-state index in [0.717, 1.165) is 24.1 Å². The van der Waals surface area contributed by atoms with E-state index in [-0.39, 0.29) is 0 Å². The number of aryl methyl sites for hydroxylation is 2. The van der Waals surface area contributed by atoms with Gasteiger partial charge < -0.3 is 4.90 Å². The van der Waals surface area contributed by atoms with E-state index < -0.39 is 0 Å². The van der Waals surface area contributed by atoms with E-state index in [2.05, 4.69) is 57.6 Å². The second-order valence-electron chi connectivity index (χ2n) is 4.58. The van der Waals surface area contributed by atoms with Gasteiger partial charge in [0.15, 0.2) is 0 Å². The monoisotopic (exact) mass is 301 g/mol. The van der Waals surface area contributed by atoms with Gasteiger partial charge in [0.25, 0.3) is 0 Å². The zero-order valence-electron chi connectivity index (χ0n) is 11.2. The molecule has 0 aliphatic rings. The summed E-state index contributed by atoms with van der Waals surface area (Å²) in [5.41, 5.74) is 2.45. The number of aromatic nitrogens is 2. The summed E-state index contributed by atoms with van der Waals surface area (Å²) in [4.78, 5) is 2.39. The predicted octanol–water partition coefficient (Wildman–Crippen LogP) is 3.21. The first kappa shape index (κ1) is 14.7. The molecular formula is C13H24BrN3. The van der Waals surface area contributed by atoms with E-state index in [4.69, 9.17) is 0 Å². The van der Waals surface area contributed by atoms with Gasteiger partial charge in [-0.2, -0.15) is 5.10 Å². The van der Waals surface area contributed by atoms with Crippen molar-refractivity contribution in [3.05, 3.63) is 17.5 Å². The van der Waals surface area contributed by atoms with E-state index in [1.54, 1.807) is 0 Å². The molecule has 0 saturated heterocycles. The maximum absolute atomic E-state index is 4.48. The van der Waals surface area contributed by atoms with Gasteiger partial charge in [0.2, 0.25) is 0 Å². The number of hydrogen-bond donors (Lipinski definition) is 0. The van der Waals surface area contributed by atoms with Gasteiger partial charge in [-0.25, -0.2) is 0 Å². The summed E-state index contributed by atoms with van der Waals surface area (Å²) in [6, 6.07) is 2.19. The van der Waals surface area contributed by atoms with Crippen LogP contribution < -0.4 is 0 Å². The molecule has 1 heterocycles. The molecule has 0 aliphatic heterocycles. The molecule has 0 radical (unpaired) electrons. The van der Waals surface area contributed by atoms with Crippen molar-refractivity contribution in [2.75, 3.05) is 18.9 Å². The van der Waals surface area contributed by atoms with Gasteiger partial charge in [0.1, 0.15) is 0 Å². The van der Waals surface area contributed by atoms with Crippen molar-refractivity contribution in [3.63, 3.8) is 0 Å². The Bertz CT molecular complexity index is 322. The van der Waals surface area contributed by atoms with Crippen LogP contribution in [0, 0.1) is 6.92 Å². The van der Waals surface area contributed by atoms with E-state index in [1.807, 2.05) is 0 Å². The molecule has 3 nitrogen and oxygen atoms in total. The Kier molecular flexibility index (Phi) is 6.82. The van der Waals surface area contributed by atoms with Crippen LogP contribution >= 0.6 is 15.9 Å². The summed E-state index contributed by atoms with van der Waals surface area (Å²) < 4.78 is 2.10. The molecule has 0 unspecified atom stereocenters. The Labute approximate surface area is 113 Å². The van der Waals surface area contributed by atoms with E-state index in [0.29, 0.717) is 0 Å². The van der Waals surface area contributed by atoms with E-state index >= 15 is 0 Å². The molecular weight excluding hydrogens is 278 g/mol. The van der Waals surface area contributed by atoms with Crippen LogP contribution in [0.5, 0.6) is 0 Å². The molecule has 1 rings (SSSR count). The van der Waals surface area contributed by atoms with Gasteiger partial charge in [-0.3, -0.25) is 4.68 Å². The molecule has 0 bridgehead atoms. The molecule has 0 amide bonds. The standard InChI is InChI=1S/C13H24BrN3/c1-4-17-13(10-12(2)15-17)11-16(3)9-7-5-6-8-14/h10H,4-9,11H2,1-3H3. The van der Waals surface area contributed by atoms with Gasteiger partial charge in [-0.05, 0) is 46.3 Å². The Balaban J connectivity index is 2.36. The molecule has 0 fully saturated rings. The second kappa shape index (κ2) is 7.88. The minimum Gasteiger partial charge on any atom is -0.301 e. The maximum atomic E-state index is 4.48. The summed E-state index contributed by atoms with van der Waals surface area (Å²) >= 11 is 3.47. The van der Waals surface area contributed by atoms with E-state index in [1.165, 1.54) is 31.5 Å². The summed E-state index contributed by atoms with van der Waals surface area (Å²) in [5.74, 6) is 0. The van der Waals surface area contributed by atoms with Crippen molar-refractivity contribution in [2.45, 2.75) is 46.2 Å². The van der Waals surface area contributed by atoms with Crippen LogP contribution in [0.3, 0.4) is 0 Å². The average Bonchev–Trinajstić information content (AvgIpc) is 2.65. The largest absolute Gasteiger partial charge is 0.301 e. The quantitative estimate of drug-likeness (QED) is 0.543. The molecule has 0 aliphatic carbocycles. The number of halogens is 1. The highest BCUT2D eigenvalue weighted by molar-refractivity contribution is 9.09. The van der Waals surface area contributed by atoms with Crippen molar-refractivity contribution in [1.82, 2.24) is 14.7 Å². The first-order chi connectivity index (χ1) is 8.17. The number of alkyl halides is 1. The van der Waals surface area contributed by atoms with Crippen molar-refractivity contribution >= 4 is 15.9 Å². The van der Waals surface area contributed by atoms with Crippen LogP contribution in [0.25, 0.3) is 0 Å². The topological polar surface area (TPSA) is 21.1 Å². The lowest BCUT2D eigenvalue weighted by atomic mass is 10.2. The van der Waals surface area contributed by atoms with Crippen LogP contribution in [0.15, 0.2) is 6.07 Å². The zero-order chi connectivity index (χ0) is 12.7.